The third kappa shape index (κ3) is 9.41. The van der Waals surface area contributed by atoms with Crippen molar-refractivity contribution in [3.63, 3.8) is 0 Å². The summed E-state index contributed by atoms with van der Waals surface area (Å²) in [7, 11) is 0. The van der Waals surface area contributed by atoms with E-state index in [1.54, 1.807) is 0 Å². The molecule has 25 heavy (non-hydrogen) atoms. The fraction of sp³-hybridized carbons (Fsp3) is 1.00. The van der Waals surface area contributed by atoms with Gasteiger partial charge in [-0.05, 0) is 0 Å². The van der Waals surface area contributed by atoms with Crippen molar-refractivity contribution in [1.29, 1.82) is 0 Å². The van der Waals surface area contributed by atoms with Crippen LogP contribution in [0.1, 0.15) is 62.3 Å². The molecule has 0 radical (unpaired) electrons. The van der Waals surface area contributed by atoms with E-state index in [0.29, 0.717) is 0 Å². The fourth-order valence-electron chi connectivity index (χ4n) is 2.86. The van der Waals surface area contributed by atoms with Crippen LogP contribution in [0, 0.1) is 0 Å². The third-order valence-electron chi connectivity index (χ3n) is 4.70. The molecule has 0 aliphatic rings. The first kappa shape index (κ1) is 25.6. The molecule has 0 aliphatic heterocycles. The Morgan fingerprint density at radius 2 is 0.720 bits per heavy atom. The van der Waals surface area contributed by atoms with Gasteiger partial charge in [0.2, 0.25) is 0 Å². The van der Waals surface area contributed by atoms with Gasteiger partial charge in [-0.1, -0.05) is 0 Å². The van der Waals surface area contributed by atoms with Crippen LogP contribution >= 0.6 is 0 Å². The van der Waals surface area contributed by atoms with Gasteiger partial charge in [0.1, 0.15) is 0 Å². The first-order chi connectivity index (χ1) is 11.9. The molecule has 0 aromatic carbocycles. The Kier molecular flexibility index (Phi) is 15.0. The van der Waals surface area contributed by atoms with E-state index < -0.39 is 23.1 Å². The van der Waals surface area contributed by atoms with E-state index in [9.17, 15) is 0 Å². The molecule has 0 aliphatic carbocycles. The molecule has 0 heterocycles. The minimum absolute atomic E-state index is 0.0283. The Balaban J connectivity index is 5.02. The first-order valence-electron chi connectivity index (χ1n) is 9.90. The zero-order chi connectivity index (χ0) is 19.4. The van der Waals surface area contributed by atoms with Gasteiger partial charge in [0, 0.05) is 0 Å². The molecule has 7 heteroatoms. The summed E-state index contributed by atoms with van der Waals surface area (Å²) in [6, 6.07) is 0. The molecule has 152 valence electrons. The van der Waals surface area contributed by atoms with Gasteiger partial charge in [0.25, 0.3) is 0 Å². The number of hydrogen-bond acceptors (Lipinski definition) is 6. The van der Waals surface area contributed by atoms with E-state index >= 15 is 0 Å². The van der Waals surface area contributed by atoms with Crippen LogP contribution < -0.4 is 0 Å². The zero-order valence-electron chi connectivity index (χ0n) is 18.0. The van der Waals surface area contributed by atoms with Crippen molar-refractivity contribution < 1.29 is 8.44 Å². The van der Waals surface area contributed by atoms with Gasteiger partial charge in [-0.2, -0.15) is 0 Å². The summed E-state index contributed by atoms with van der Waals surface area (Å²) in [4.78, 5) is 6.87. The average molecular weight is 558 g/mol. The topological polar surface area (TPSA) is 37.4 Å². The van der Waals surface area contributed by atoms with Crippen LogP contribution in [0.2, 0.25) is 0 Å². The van der Waals surface area contributed by atoms with Crippen LogP contribution in [0.25, 0.3) is 0 Å². The second-order valence-electron chi connectivity index (χ2n) is 6.00. The van der Waals surface area contributed by atoms with Crippen LogP contribution in [0.3, 0.4) is 0 Å². The molecule has 0 N–H and O–H groups in total. The van der Waals surface area contributed by atoms with Gasteiger partial charge in [-0.25, -0.2) is 0 Å². The van der Waals surface area contributed by atoms with E-state index in [1.807, 2.05) is 0 Å². The van der Waals surface area contributed by atoms with Crippen LogP contribution in [0.5, 0.6) is 0 Å². The van der Waals surface area contributed by atoms with Crippen LogP contribution in [-0.2, 0) is 8.44 Å². The molecule has 0 aromatic heterocycles. The summed E-state index contributed by atoms with van der Waals surface area (Å²) < 4.78 is 19.0. The Morgan fingerprint density at radius 3 is 0.880 bits per heavy atom. The Labute approximate surface area is 166 Å². The first-order valence-corrected chi connectivity index (χ1v) is 14.2. The van der Waals surface area contributed by atoms with Crippen molar-refractivity contribution in [3.05, 3.63) is 0 Å². The molecule has 3 unspecified atom stereocenters. The van der Waals surface area contributed by atoms with Crippen molar-refractivity contribution >= 4 is 23.1 Å². The van der Waals surface area contributed by atoms with Gasteiger partial charge in [0.15, 0.2) is 0 Å². The number of hydrogen-bond donors (Lipinski definition) is 0. The van der Waals surface area contributed by atoms with Gasteiger partial charge >= 0.3 is 166 Å². The molecule has 0 rings (SSSR count). The molecule has 0 saturated heterocycles. The van der Waals surface area contributed by atoms with Crippen LogP contribution in [0.15, 0.2) is 0 Å². The molecular formula is C18H42BiN3O3. The summed E-state index contributed by atoms with van der Waals surface area (Å²) in [6.07, 6.45) is 0.0850. The zero-order valence-corrected chi connectivity index (χ0v) is 21.5. The minimum atomic E-state index is -3.03. The van der Waals surface area contributed by atoms with E-state index in [1.165, 1.54) is 0 Å². The maximum absolute atomic E-state index is 6.35. The fourth-order valence-corrected chi connectivity index (χ4v) is 7.90. The standard InChI is InChI=1S/3C6H14NO.Bi/c3*1-4-7(5-2)6(3)8;/h3*6H,4-5H2,1-3H3;/q3*-1;+3. The molecule has 0 spiro atoms. The monoisotopic (exact) mass is 557 g/mol. The van der Waals surface area contributed by atoms with Gasteiger partial charge < -0.3 is 0 Å². The molecule has 0 saturated carbocycles. The number of rotatable bonds is 15. The quantitative estimate of drug-likeness (QED) is 0.228. The summed E-state index contributed by atoms with van der Waals surface area (Å²) in [5.41, 5.74) is 0. The predicted molar refractivity (Wildman–Crippen MR) is 106 cm³/mol. The predicted octanol–water partition coefficient (Wildman–Crippen LogP) is 3.08. The van der Waals surface area contributed by atoms with E-state index in [4.69, 9.17) is 8.44 Å². The molecule has 0 bridgehead atoms. The van der Waals surface area contributed by atoms with Crippen LogP contribution in [0.4, 0.5) is 0 Å². The third-order valence-corrected chi connectivity index (χ3v) is 10.3. The Bertz CT molecular complexity index is 266. The second-order valence-corrected chi connectivity index (χ2v) is 10.2. The summed E-state index contributed by atoms with van der Waals surface area (Å²) >= 11 is -3.03. The van der Waals surface area contributed by atoms with E-state index in [-0.39, 0.29) is 18.7 Å². The molecule has 0 amide bonds. The van der Waals surface area contributed by atoms with Crippen molar-refractivity contribution in [3.8, 4) is 0 Å². The maximum atomic E-state index is 6.35. The van der Waals surface area contributed by atoms with E-state index in [2.05, 4.69) is 77.0 Å². The molecule has 6 nitrogen and oxygen atoms in total. The van der Waals surface area contributed by atoms with Crippen LogP contribution in [-0.4, -0.2) is 95.7 Å². The Morgan fingerprint density at radius 1 is 0.520 bits per heavy atom. The summed E-state index contributed by atoms with van der Waals surface area (Å²) in [5.74, 6) is 0. The normalized spacial score (nSPS) is 16.2. The van der Waals surface area contributed by atoms with Crippen molar-refractivity contribution in [2.24, 2.45) is 0 Å². The second kappa shape index (κ2) is 14.7. The van der Waals surface area contributed by atoms with Crippen molar-refractivity contribution in [1.82, 2.24) is 14.7 Å². The molecule has 0 fully saturated rings. The molecule has 3 atom stereocenters. The van der Waals surface area contributed by atoms with Gasteiger partial charge in [0.05, 0.1) is 0 Å². The Hall–Kier alpha value is 0.643. The average Bonchev–Trinajstić information content (AvgIpc) is 2.57. The van der Waals surface area contributed by atoms with Crippen molar-refractivity contribution in [2.45, 2.75) is 81.0 Å². The summed E-state index contributed by atoms with van der Waals surface area (Å²) in [6.45, 7) is 25.1. The van der Waals surface area contributed by atoms with Crippen molar-refractivity contribution in [2.75, 3.05) is 39.3 Å². The molecule has 0 aromatic rings. The molecular weight excluding hydrogens is 515 g/mol. The SMILES string of the molecule is CCN(CC)C(C)[O][Bi]([O]C(C)N(CC)CC)[O]C(C)N(CC)CC. The van der Waals surface area contributed by atoms with Gasteiger partial charge in [-0.15, -0.1) is 0 Å². The van der Waals surface area contributed by atoms with E-state index in [0.717, 1.165) is 39.3 Å². The summed E-state index contributed by atoms with van der Waals surface area (Å²) in [5, 5.41) is 0. The van der Waals surface area contributed by atoms with Gasteiger partial charge in [-0.3, -0.25) is 0 Å². The number of nitrogens with zero attached hydrogens (tertiary/aromatic N) is 3.